The summed E-state index contributed by atoms with van der Waals surface area (Å²) in [6, 6.07) is 15.4. The van der Waals surface area contributed by atoms with Gasteiger partial charge in [0.2, 0.25) is 0 Å². The van der Waals surface area contributed by atoms with Crippen LogP contribution in [-0.4, -0.2) is 41.5 Å². The Balaban J connectivity index is 1.89. The number of hydrogen-bond donors (Lipinski definition) is 2. The van der Waals surface area contributed by atoms with Crippen molar-refractivity contribution in [3.05, 3.63) is 71.3 Å². The summed E-state index contributed by atoms with van der Waals surface area (Å²) >= 11 is 0. The third-order valence-corrected chi connectivity index (χ3v) is 6.11. The molecule has 0 aliphatic rings. The fraction of sp³-hybridized carbons (Fsp3) is 0.483. The zero-order valence-corrected chi connectivity index (χ0v) is 22.1. The molecule has 196 valence electrons. The van der Waals surface area contributed by atoms with Crippen molar-refractivity contribution in [2.45, 2.75) is 78.1 Å². The third kappa shape index (κ3) is 10.5. The van der Waals surface area contributed by atoms with Crippen LogP contribution in [0.3, 0.4) is 0 Å². The normalized spacial score (nSPS) is 10.5. The zero-order valence-electron chi connectivity index (χ0n) is 22.1. The fourth-order valence-electron chi connectivity index (χ4n) is 3.88. The molecule has 36 heavy (non-hydrogen) atoms. The van der Waals surface area contributed by atoms with Crippen LogP contribution in [0.1, 0.15) is 97.4 Å². The molecule has 0 aromatic heterocycles. The minimum absolute atomic E-state index is 0.360. The Kier molecular flexibility index (Phi) is 13.1. The van der Waals surface area contributed by atoms with E-state index >= 15 is 0 Å². The molecule has 4 amide bonds. The number of nitrogens with one attached hydrogen (secondary N) is 2. The van der Waals surface area contributed by atoms with Crippen molar-refractivity contribution in [2.75, 3.05) is 13.6 Å². The van der Waals surface area contributed by atoms with E-state index in [2.05, 4.69) is 17.8 Å². The Morgan fingerprint density at radius 2 is 1.17 bits per heavy atom. The number of aryl methyl sites for hydroxylation is 1. The number of benzene rings is 2. The first-order chi connectivity index (χ1) is 17.4. The zero-order chi connectivity index (χ0) is 26.2. The van der Waals surface area contributed by atoms with Crippen molar-refractivity contribution in [1.29, 1.82) is 0 Å². The average Bonchev–Trinajstić information content (AvgIpc) is 2.89. The summed E-state index contributed by atoms with van der Waals surface area (Å²) in [7, 11) is 1.48. The molecule has 0 atom stereocenters. The van der Waals surface area contributed by atoms with Crippen molar-refractivity contribution in [3.8, 4) is 0 Å². The van der Waals surface area contributed by atoms with Crippen molar-refractivity contribution >= 4 is 17.8 Å². The van der Waals surface area contributed by atoms with E-state index in [9.17, 15) is 14.4 Å². The molecule has 0 aliphatic carbocycles. The molecule has 0 saturated carbocycles. The topological polar surface area (TPSA) is 81.8 Å². The van der Waals surface area contributed by atoms with Gasteiger partial charge in [-0.2, -0.15) is 0 Å². The van der Waals surface area contributed by atoms with Gasteiger partial charge in [-0.3, -0.25) is 20.4 Å². The lowest BCUT2D eigenvalue weighted by molar-refractivity contribution is 0.0711. The molecule has 0 radical (unpaired) electrons. The molecule has 2 aromatic rings. The number of urea groups is 1. The number of hydrazine groups is 2. The fourth-order valence-corrected chi connectivity index (χ4v) is 3.88. The molecule has 7 nitrogen and oxygen atoms in total. The van der Waals surface area contributed by atoms with Crippen molar-refractivity contribution in [3.63, 3.8) is 0 Å². The maximum Gasteiger partial charge on any atom is 0.357 e. The van der Waals surface area contributed by atoms with Crippen LogP contribution in [0.4, 0.5) is 4.79 Å². The maximum atomic E-state index is 13.1. The summed E-state index contributed by atoms with van der Waals surface area (Å²) in [6.07, 6.45) is 11.7. The van der Waals surface area contributed by atoms with Crippen molar-refractivity contribution in [1.82, 2.24) is 20.9 Å². The highest BCUT2D eigenvalue weighted by Crippen LogP contribution is 2.11. The number of rotatable bonds is 13. The van der Waals surface area contributed by atoms with Gasteiger partial charge >= 0.3 is 6.03 Å². The molecule has 0 heterocycles. The van der Waals surface area contributed by atoms with Crippen molar-refractivity contribution in [2.24, 2.45) is 0 Å². The van der Waals surface area contributed by atoms with Crippen LogP contribution in [0.2, 0.25) is 0 Å². The summed E-state index contributed by atoms with van der Waals surface area (Å²) < 4.78 is 0. The number of unbranched alkanes of at least 4 members (excludes halogenated alkanes) is 9. The molecule has 0 aliphatic heterocycles. The Morgan fingerprint density at radius 3 is 1.75 bits per heavy atom. The Morgan fingerprint density at radius 1 is 0.667 bits per heavy atom. The lowest BCUT2D eigenvalue weighted by Crippen LogP contribution is -2.55. The summed E-state index contributed by atoms with van der Waals surface area (Å²) in [5.41, 5.74) is 7.28. The van der Waals surface area contributed by atoms with E-state index in [4.69, 9.17) is 0 Å². The van der Waals surface area contributed by atoms with E-state index in [0.717, 1.165) is 29.8 Å². The number of nitrogens with zero attached hydrogens (tertiary/aromatic N) is 2. The molecule has 2 N–H and O–H groups in total. The lowest BCUT2D eigenvalue weighted by atomic mass is 10.1. The first-order valence-electron chi connectivity index (χ1n) is 13.2. The van der Waals surface area contributed by atoms with Crippen LogP contribution >= 0.6 is 0 Å². The number of hydrogen-bond acceptors (Lipinski definition) is 3. The molecule has 0 saturated heterocycles. The number of amides is 4. The van der Waals surface area contributed by atoms with Crippen LogP contribution in [0.25, 0.3) is 0 Å². The van der Waals surface area contributed by atoms with Gasteiger partial charge in [-0.1, -0.05) is 101 Å². The minimum atomic E-state index is -0.504. The van der Waals surface area contributed by atoms with Crippen LogP contribution in [0.15, 0.2) is 54.6 Å². The van der Waals surface area contributed by atoms with Gasteiger partial charge < -0.3 is 0 Å². The van der Waals surface area contributed by atoms with E-state index in [-0.39, 0.29) is 11.8 Å². The highest BCUT2D eigenvalue weighted by molar-refractivity contribution is 5.96. The standard InChI is InChI=1S/C29H42N4O3/c1-4-5-6-7-8-9-10-11-12-16-23-33(31-28(35)25-17-14-13-15-18-25)29(36)32(3)30-27(34)26-21-19-24(2)20-22-26/h13-15,17-22H,4-12,16,23H2,1-3H3,(H,30,34)(H,31,35). The van der Waals surface area contributed by atoms with E-state index in [1.807, 2.05) is 25.1 Å². The van der Waals surface area contributed by atoms with E-state index in [1.165, 1.54) is 57.0 Å². The Labute approximate surface area is 216 Å². The largest absolute Gasteiger partial charge is 0.357 e. The number of carbonyl (C=O) groups excluding carboxylic acids is 3. The second-order valence-electron chi connectivity index (χ2n) is 9.29. The summed E-state index contributed by atoms with van der Waals surface area (Å²) in [5.74, 6) is -0.756. The van der Waals surface area contributed by atoms with E-state index < -0.39 is 6.03 Å². The van der Waals surface area contributed by atoms with Gasteiger partial charge in [0.05, 0.1) is 0 Å². The van der Waals surface area contributed by atoms with E-state index in [0.29, 0.717) is 17.7 Å². The lowest BCUT2D eigenvalue weighted by Gasteiger charge is -2.28. The first kappa shape index (κ1) is 28.9. The smallest absolute Gasteiger partial charge is 0.267 e. The summed E-state index contributed by atoms with van der Waals surface area (Å²) in [5, 5.41) is 2.40. The van der Waals surface area contributed by atoms with Crippen LogP contribution in [0.5, 0.6) is 0 Å². The van der Waals surface area contributed by atoms with Crippen LogP contribution in [-0.2, 0) is 0 Å². The van der Waals surface area contributed by atoms with Gasteiger partial charge in [-0.05, 0) is 37.6 Å². The molecular weight excluding hydrogens is 452 g/mol. The maximum absolute atomic E-state index is 13.1. The van der Waals surface area contributed by atoms with E-state index in [1.54, 1.807) is 36.4 Å². The molecule has 0 fully saturated rings. The van der Waals surface area contributed by atoms with Gasteiger partial charge in [0.25, 0.3) is 11.8 Å². The van der Waals surface area contributed by atoms with Gasteiger partial charge in [-0.15, -0.1) is 0 Å². The second kappa shape index (κ2) is 16.3. The highest BCUT2D eigenvalue weighted by Gasteiger charge is 2.22. The highest BCUT2D eigenvalue weighted by atomic mass is 16.2. The van der Waals surface area contributed by atoms with Gasteiger partial charge in [0.15, 0.2) is 0 Å². The second-order valence-corrected chi connectivity index (χ2v) is 9.29. The predicted molar refractivity (Wildman–Crippen MR) is 144 cm³/mol. The van der Waals surface area contributed by atoms with Gasteiger partial charge in [0.1, 0.15) is 0 Å². The molecule has 2 rings (SSSR count). The van der Waals surface area contributed by atoms with Crippen LogP contribution < -0.4 is 10.9 Å². The Bertz CT molecular complexity index is 931. The monoisotopic (exact) mass is 494 g/mol. The summed E-state index contributed by atoms with van der Waals surface area (Å²) in [6.45, 7) is 4.53. The predicted octanol–water partition coefficient (Wildman–Crippen LogP) is 6.26. The molecule has 2 aromatic carbocycles. The molecule has 0 spiro atoms. The molecule has 0 bridgehead atoms. The van der Waals surface area contributed by atoms with Crippen molar-refractivity contribution < 1.29 is 14.4 Å². The molecular formula is C29H42N4O3. The van der Waals surface area contributed by atoms with Gasteiger partial charge in [0, 0.05) is 24.7 Å². The Hall–Kier alpha value is -3.35. The first-order valence-corrected chi connectivity index (χ1v) is 13.2. The third-order valence-electron chi connectivity index (χ3n) is 6.11. The SMILES string of the molecule is CCCCCCCCCCCCN(NC(=O)c1ccccc1)C(=O)N(C)NC(=O)c1ccc(C)cc1. The molecule has 7 heteroatoms. The average molecular weight is 495 g/mol. The van der Waals surface area contributed by atoms with Crippen LogP contribution in [0, 0.1) is 6.92 Å². The summed E-state index contributed by atoms with van der Waals surface area (Å²) in [4.78, 5) is 38.4. The molecule has 0 unspecified atom stereocenters. The minimum Gasteiger partial charge on any atom is -0.267 e. The quantitative estimate of drug-likeness (QED) is 0.255. The number of carbonyl (C=O) groups is 3. The van der Waals surface area contributed by atoms with Gasteiger partial charge in [-0.25, -0.2) is 14.8 Å².